The Kier molecular flexibility index (Phi) is 3.88. The van der Waals surface area contributed by atoms with Crippen LogP contribution in [0.25, 0.3) is 0 Å². The molecule has 0 fully saturated rings. The first-order valence-corrected chi connectivity index (χ1v) is 5.02. The second kappa shape index (κ2) is 4.95. The van der Waals surface area contributed by atoms with E-state index in [1.807, 2.05) is 0 Å². The van der Waals surface area contributed by atoms with Crippen molar-refractivity contribution < 1.29 is 14.3 Å². The Morgan fingerprint density at radius 2 is 2.43 bits per heavy atom. The number of nitrogens with zero attached hydrogens (tertiary/aromatic N) is 1. The first-order chi connectivity index (χ1) is 6.63. The molecule has 0 radical (unpaired) electrons. The van der Waals surface area contributed by atoms with E-state index in [1.165, 1.54) is 12.1 Å². The normalized spacial score (nSPS) is 12.4. The monoisotopic (exact) mass is 215 g/mol. The van der Waals surface area contributed by atoms with Crippen LogP contribution in [0.3, 0.4) is 0 Å². The lowest BCUT2D eigenvalue weighted by Crippen LogP contribution is -2.14. The number of aromatic nitrogens is 1. The molecule has 76 valence electrons. The molecule has 0 aliphatic heterocycles. The van der Waals surface area contributed by atoms with Crippen molar-refractivity contribution in [3.8, 4) is 0 Å². The molecule has 0 aliphatic carbocycles. The number of aliphatic carboxylic acids is 1. The standard InChI is InChI=1S/C9H10FNO2S/c1-2-7(9(12)13)14-8-4-3-6(10)5-11-8/h3-5,7H,2H2,1H3,(H,12,13). The Bertz CT molecular complexity index is 315. The molecule has 3 nitrogen and oxygen atoms in total. The van der Waals surface area contributed by atoms with Gasteiger partial charge in [0, 0.05) is 0 Å². The van der Waals surface area contributed by atoms with Crippen molar-refractivity contribution in [1.82, 2.24) is 4.98 Å². The molecule has 0 bridgehead atoms. The number of rotatable bonds is 4. The highest BCUT2D eigenvalue weighted by atomic mass is 32.2. The summed E-state index contributed by atoms with van der Waals surface area (Å²) in [6.45, 7) is 1.79. The van der Waals surface area contributed by atoms with E-state index in [9.17, 15) is 9.18 Å². The number of carbonyl (C=O) groups is 1. The number of hydrogen-bond donors (Lipinski definition) is 1. The third-order valence-corrected chi connectivity index (χ3v) is 2.91. The predicted octanol–water partition coefficient (Wildman–Crippen LogP) is 2.18. The summed E-state index contributed by atoms with van der Waals surface area (Å²) < 4.78 is 12.5. The van der Waals surface area contributed by atoms with E-state index >= 15 is 0 Å². The van der Waals surface area contributed by atoms with Gasteiger partial charge in [-0.3, -0.25) is 4.79 Å². The van der Waals surface area contributed by atoms with Crippen molar-refractivity contribution in [3.63, 3.8) is 0 Å². The van der Waals surface area contributed by atoms with Gasteiger partial charge in [-0.25, -0.2) is 9.37 Å². The van der Waals surface area contributed by atoms with Crippen molar-refractivity contribution >= 4 is 17.7 Å². The number of carboxylic acids is 1. The molecular weight excluding hydrogens is 205 g/mol. The fourth-order valence-electron chi connectivity index (χ4n) is 0.886. The molecule has 1 unspecified atom stereocenters. The summed E-state index contributed by atoms with van der Waals surface area (Å²) in [6.07, 6.45) is 1.59. The van der Waals surface area contributed by atoms with Gasteiger partial charge in [0.25, 0.3) is 0 Å². The number of pyridine rings is 1. The average Bonchev–Trinajstić information content (AvgIpc) is 2.16. The van der Waals surface area contributed by atoms with Gasteiger partial charge in [-0.05, 0) is 18.6 Å². The minimum Gasteiger partial charge on any atom is -0.480 e. The molecule has 1 heterocycles. The molecule has 1 atom stereocenters. The Labute approximate surface area is 85.4 Å². The summed E-state index contributed by atoms with van der Waals surface area (Å²) in [5.74, 6) is -1.29. The van der Waals surface area contributed by atoms with Gasteiger partial charge in [-0.1, -0.05) is 18.7 Å². The quantitative estimate of drug-likeness (QED) is 0.782. The number of halogens is 1. The molecule has 0 spiro atoms. The maximum atomic E-state index is 12.5. The second-order valence-electron chi connectivity index (χ2n) is 2.67. The highest BCUT2D eigenvalue weighted by Gasteiger charge is 2.16. The van der Waals surface area contributed by atoms with Crippen LogP contribution in [0.5, 0.6) is 0 Å². The molecule has 1 rings (SSSR count). The summed E-state index contributed by atoms with van der Waals surface area (Å²) in [5.41, 5.74) is 0. The minimum atomic E-state index is -0.872. The predicted molar refractivity (Wildman–Crippen MR) is 51.8 cm³/mol. The zero-order chi connectivity index (χ0) is 10.6. The van der Waals surface area contributed by atoms with Crippen molar-refractivity contribution in [1.29, 1.82) is 0 Å². The van der Waals surface area contributed by atoms with Crippen molar-refractivity contribution in [2.45, 2.75) is 23.6 Å². The highest BCUT2D eigenvalue weighted by Crippen LogP contribution is 2.23. The summed E-state index contributed by atoms with van der Waals surface area (Å²) in [7, 11) is 0. The molecule has 0 amide bonds. The molecule has 14 heavy (non-hydrogen) atoms. The van der Waals surface area contributed by atoms with Crippen LogP contribution in [0.2, 0.25) is 0 Å². The molecule has 1 aromatic rings. The van der Waals surface area contributed by atoms with Crippen LogP contribution in [-0.2, 0) is 4.79 Å². The largest absolute Gasteiger partial charge is 0.480 e. The van der Waals surface area contributed by atoms with E-state index < -0.39 is 17.0 Å². The lowest BCUT2D eigenvalue weighted by Gasteiger charge is -2.07. The summed E-state index contributed by atoms with van der Waals surface area (Å²) in [4.78, 5) is 14.5. The smallest absolute Gasteiger partial charge is 0.317 e. The Hall–Kier alpha value is -1.10. The number of carboxylic acid groups (broad SMARTS) is 1. The second-order valence-corrected chi connectivity index (χ2v) is 3.89. The third-order valence-electron chi connectivity index (χ3n) is 1.61. The first kappa shape index (κ1) is 11.0. The van der Waals surface area contributed by atoms with Crippen molar-refractivity contribution in [2.24, 2.45) is 0 Å². The zero-order valence-electron chi connectivity index (χ0n) is 7.61. The van der Waals surface area contributed by atoms with E-state index in [0.29, 0.717) is 11.4 Å². The highest BCUT2D eigenvalue weighted by molar-refractivity contribution is 8.00. The fraction of sp³-hybridized carbons (Fsp3) is 0.333. The van der Waals surface area contributed by atoms with Crippen LogP contribution in [0.4, 0.5) is 4.39 Å². The van der Waals surface area contributed by atoms with Crippen LogP contribution in [0.15, 0.2) is 23.4 Å². The Morgan fingerprint density at radius 1 is 1.71 bits per heavy atom. The molecule has 1 aromatic heterocycles. The van der Waals surface area contributed by atoms with E-state index in [2.05, 4.69) is 4.98 Å². The van der Waals surface area contributed by atoms with Gasteiger partial charge in [0.15, 0.2) is 0 Å². The van der Waals surface area contributed by atoms with Gasteiger partial charge in [0.1, 0.15) is 11.1 Å². The topological polar surface area (TPSA) is 50.2 Å². The fourth-order valence-corrected chi connectivity index (χ4v) is 1.71. The van der Waals surface area contributed by atoms with Crippen molar-refractivity contribution in [3.05, 3.63) is 24.1 Å². The van der Waals surface area contributed by atoms with Gasteiger partial charge in [-0.15, -0.1) is 0 Å². The van der Waals surface area contributed by atoms with Crippen LogP contribution in [-0.4, -0.2) is 21.3 Å². The third kappa shape index (κ3) is 2.99. The Balaban J connectivity index is 2.67. The van der Waals surface area contributed by atoms with Gasteiger partial charge < -0.3 is 5.11 Å². The number of hydrogen-bond acceptors (Lipinski definition) is 3. The first-order valence-electron chi connectivity index (χ1n) is 4.14. The van der Waals surface area contributed by atoms with Gasteiger partial charge in [0.2, 0.25) is 0 Å². The zero-order valence-corrected chi connectivity index (χ0v) is 8.42. The maximum absolute atomic E-state index is 12.5. The lowest BCUT2D eigenvalue weighted by molar-refractivity contribution is -0.136. The summed E-state index contributed by atoms with van der Waals surface area (Å²) >= 11 is 1.13. The van der Waals surface area contributed by atoms with E-state index in [1.54, 1.807) is 6.92 Å². The molecule has 0 aromatic carbocycles. The summed E-state index contributed by atoms with van der Waals surface area (Å²) in [6, 6.07) is 2.75. The molecule has 0 saturated carbocycles. The van der Waals surface area contributed by atoms with Crippen molar-refractivity contribution in [2.75, 3.05) is 0 Å². The van der Waals surface area contributed by atoms with Crippen LogP contribution < -0.4 is 0 Å². The SMILES string of the molecule is CCC(Sc1ccc(F)cn1)C(=O)O. The molecule has 0 aliphatic rings. The van der Waals surface area contributed by atoms with Crippen LogP contribution >= 0.6 is 11.8 Å². The molecule has 0 saturated heterocycles. The minimum absolute atomic E-state index is 0.419. The van der Waals surface area contributed by atoms with Gasteiger partial charge in [-0.2, -0.15) is 0 Å². The van der Waals surface area contributed by atoms with Crippen LogP contribution in [0, 0.1) is 5.82 Å². The van der Waals surface area contributed by atoms with Gasteiger partial charge in [0.05, 0.1) is 11.2 Å². The van der Waals surface area contributed by atoms with E-state index in [-0.39, 0.29) is 0 Å². The molecular formula is C9H10FNO2S. The van der Waals surface area contributed by atoms with E-state index in [4.69, 9.17) is 5.11 Å². The molecule has 1 N–H and O–H groups in total. The van der Waals surface area contributed by atoms with Gasteiger partial charge >= 0.3 is 5.97 Å². The molecule has 5 heteroatoms. The lowest BCUT2D eigenvalue weighted by atomic mass is 10.3. The average molecular weight is 215 g/mol. The van der Waals surface area contributed by atoms with Crippen LogP contribution in [0.1, 0.15) is 13.3 Å². The Morgan fingerprint density at radius 3 is 2.86 bits per heavy atom. The maximum Gasteiger partial charge on any atom is 0.317 e. The number of thioether (sulfide) groups is 1. The van der Waals surface area contributed by atoms with E-state index in [0.717, 1.165) is 18.0 Å². The summed E-state index contributed by atoms with van der Waals surface area (Å²) in [5, 5.41) is 8.77.